The Balaban J connectivity index is 1.41. The van der Waals surface area contributed by atoms with Crippen LogP contribution in [-0.2, 0) is 5.41 Å². The van der Waals surface area contributed by atoms with E-state index < -0.39 is 5.41 Å². The summed E-state index contributed by atoms with van der Waals surface area (Å²) in [4.78, 5) is 0. The van der Waals surface area contributed by atoms with Gasteiger partial charge >= 0.3 is 0 Å². The molecule has 0 saturated heterocycles. The molecule has 0 spiro atoms. The Bertz CT molecular complexity index is 1940. The van der Waals surface area contributed by atoms with Crippen LogP contribution in [0, 0.1) is 6.92 Å². The lowest BCUT2D eigenvalue weighted by Crippen LogP contribution is -2.31. The Kier molecular flexibility index (Phi) is 5.99. The van der Waals surface area contributed by atoms with E-state index in [4.69, 9.17) is 5.73 Å². The van der Waals surface area contributed by atoms with Gasteiger partial charge in [-0.15, -0.1) is 0 Å². The summed E-state index contributed by atoms with van der Waals surface area (Å²) in [5.41, 5.74) is 21.2. The molecule has 1 heteroatoms. The van der Waals surface area contributed by atoms with E-state index >= 15 is 0 Å². The van der Waals surface area contributed by atoms with Crippen LogP contribution in [-0.4, -0.2) is 6.54 Å². The average Bonchev–Trinajstić information content (AvgIpc) is 3.35. The third-order valence-corrected chi connectivity index (χ3v) is 9.01. The van der Waals surface area contributed by atoms with Crippen LogP contribution in [0.2, 0.25) is 0 Å². The van der Waals surface area contributed by atoms with Crippen molar-refractivity contribution in [3.05, 3.63) is 150 Å². The van der Waals surface area contributed by atoms with Crippen LogP contribution in [0.25, 0.3) is 61.9 Å². The summed E-state index contributed by atoms with van der Waals surface area (Å²) >= 11 is 0. The van der Waals surface area contributed by atoms with Gasteiger partial charge in [-0.3, -0.25) is 0 Å². The molecule has 0 saturated carbocycles. The van der Waals surface area contributed by atoms with Crippen LogP contribution in [0.15, 0.2) is 122 Å². The van der Waals surface area contributed by atoms with Crippen molar-refractivity contribution in [2.24, 2.45) is 5.73 Å². The third kappa shape index (κ3) is 3.89. The molecule has 0 heterocycles. The molecule has 2 aliphatic rings. The maximum Gasteiger partial charge on any atom is 0.0241 e. The molecule has 2 bridgehead atoms. The second-order valence-electron chi connectivity index (χ2n) is 11.4. The van der Waals surface area contributed by atoms with Crippen LogP contribution in [0.1, 0.15) is 34.7 Å². The second-order valence-corrected chi connectivity index (χ2v) is 11.4. The van der Waals surface area contributed by atoms with Gasteiger partial charge in [-0.2, -0.15) is 0 Å². The van der Waals surface area contributed by atoms with Gasteiger partial charge in [0, 0.05) is 12.0 Å². The Hall–Kier alpha value is -4.72. The molecular weight excluding hydrogens is 494 g/mol. The molecule has 0 aromatic heterocycles. The van der Waals surface area contributed by atoms with Gasteiger partial charge in [0.05, 0.1) is 0 Å². The number of nitrogens with two attached hydrogens (primary N) is 1. The molecule has 0 fully saturated rings. The minimum atomic E-state index is -0.407. The molecule has 198 valence electrons. The van der Waals surface area contributed by atoms with Crippen molar-refractivity contribution in [2.45, 2.75) is 19.3 Å². The fraction of sp³-hybridized carbons (Fsp3) is 0.100. The van der Waals surface area contributed by atoms with E-state index in [1.54, 1.807) is 0 Å². The number of rotatable bonds is 5. The van der Waals surface area contributed by atoms with Gasteiger partial charge in [-0.1, -0.05) is 141 Å². The Morgan fingerprint density at radius 2 is 1.39 bits per heavy atom. The molecular formula is C40H33N. The van der Waals surface area contributed by atoms with Crippen molar-refractivity contribution in [3.63, 3.8) is 0 Å². The van der Waals surface area contributed by atoms with E-state index in [2.05, 4.69) is 142 Å². The molecule has 5 aromatic carbocycles. The fourth-order valence-corrected chi connectivity index (χ4v) is 6.83. The summed E-state index contributed by atoms with van der Waals surface area (Å²) in [5, 5.41) is 2.57. The molecule has 41 heavy (non-hydrogen) atoms. The van der Waals surface area contributed by atoms with E-state index in [-0.39, 0.29) is 0 Å². The van der Waals surface area contributed by atoms with Gasteiger partial charge in [0.15, 0.2) is 0 Å². The Morgan fingerprint density at radius 1 is 0.732 bits per heavy atom. The molecule has 1 atom stereocenters. The SMILES string of the molecule is C=C/C(=C\C(C)(CN)c1ccc2c(C)c1/C=C\C=Cc1ccccc1-2)c1ccc2c3c(cccc13)-c1ccccc1-2. The molecule has 1 unspecified atom stereocenters. The lowest BCUT2D eigenvalue weighted by molar-refractivity contribution is 0.608. The number of fused-ring (bicyclic) bond motifs is 7. The Labute approximate surface area is 242 Å². The number of benzene rings is 5. The monoisotopic (exact) mass is 527 g/mol. The van der Waals surface area contributed by atoms with Crippen LogP contribution < -0.4 is 5.73 Å². The van der Waals surface area contributed by atoms with Gasteiger partial charge in [-0.05, 0) is 84.5 Å². The molecule has 0 radical (unpaired) electrons. The number of allylic oxidation sites excluding steroid dienone is 4. The molecule has 2 N–H and O–H groups in total. The van der Waals surface area contributed by atoms with Crippen LogP contribution in [0.3, 0.4) is 0 Å². The van der Waals surface area contributed by atoms with Gasteiger partial charge in [-0.25, -0.2) is 0 Å². The quantitative estimate of drug-likeness (QED) is 0.222. The van der Waals surface area contributed by atoms with E-state index in [0.29, 0.717) is 6.54 Å². The summed E-state index contributed by atoms with van der Waals surface area (Å²) < 4.78 is 0. The molecule has 1 nitrogen and oxygen atoms in total. The fourth-order valence-electron chi connectivity index (χ4n) is 6.83. The zero-order valence-electron chi connectivity index (χ0n) is 23.6. The summed E-state index contributed by atoms with van der Waals surface area (Å²) in [7, 11) is 0. The predicted octanol–water partition coefficient (Wildman–Crippen LogP) is 9.99. The van der Waals surface area contributed by atoms with Crippen LogP contribution in [0.5, 0.6) is 0 Å². The molecule has 7 rings (SSSR count). The first kappa shape index (κ1) is 25.3. The highest BCUT2D eigenvalue weighted by Gasteiger charge is 2.29. The highest BCUT2D eigenvalue weighted by atomic mass is 14.6. The van der Waals surface area contributed by atoms with E-state index in [9.17, 15) is 0 Å². The van der Waals surface area contributed by atoms with Crippen molar-refractivity contribution in [1.29, 1.82) is 0 Å². The number of hydrogen-bond acceptors (Lipinski definition) is 1. The topological polar surface area (TPSA) is 26.0 Å². The summed E-state index contributed by atoms with van der Waals surface area (Å²) in [6, 6.07) is 33.0. The molecule has 5 aromatic rings. The molecule has 0 amide bonds. The summed E-state index contributed by atoms with van der Waals surface area (Å²) in [6.07, 6.45) is 13.0. The van der Waals surface area contributed by atoms with Gasteiger partial charge in [0.25, 0.3) is 0 Å². The minimum Gasteiger partial charge on any atom is -0.329 e. The van der Waals surface area contributed by atoms with Crippen LogP contribution >= 0.6 is 0 Å². The smallest absolute Gasteiger partial charge is 0.0241 e. The maximum absolute atomic E-state index is 6.64. The lowest BCUT2D eigenvalue weighted by atomic mass is 9.75. The normalized spacial score (nSPS) is 15.3. The predicted molar refractivity (Wildman–Crippen MR) is 178 cm³/mol. The molecule has 0 aliphatic heterocycles. The first-order valence-corrected chi connectivity index (χ1v) is 14.3. The van der Waals surface area contributed by atoms with Crippen molar-refractivity contribution in [3.8, 4) is 33.4 Å². The van der Waals surface area contributed by atoms with Crippen molar-refractivity contribution in [2.75, 3.05) is 6.54 Å². The summed E-state index contributed by atoms with van der Waals surface area (Å²) in [6.45, 7) is 9.23. The molecule has 2 aliphatic carbocycles. The third-order valence-electron chi connectivity index (χ3n) is 9.01. The second kappa shape index (κ2) is 9.73. The van der Waals surface area contributed by atoms with Crippen molar-refractivity contribution in [1.82, 2.24) is 0 Å². The largest absolute Gasteiger partial charge is 0.329 e. The lowest BCUT2D eigenvalue weighted by Gasteiger charge is -2.30. The number of hydrogen-bond donors (Lipinski definition) is 1. The average molecular weight is 528 g/mol. The van der Waals surface area contributed by atoms with E-state index in [1.165, 1.54) is 72.0 Å². The van der Waals surface area contributed by atoms with Crippen molar-refractivity contribution >= 4 is 28.5 Å². The maximum atomic E-state index is 6.64. The van der Waals surface area contributed by atoms with Crippen molar-refractivity contribution < 1.29 is 0 Å². The van der Waals surface area contributed by atoms with E-state index in [0.717, 1.165) is 5.57 Å². The highest BCUT2D eigenvalue weighted by Crippen LogP contribution is 2.49. The first-order chi connectivity index (χ1) is 20.0. The zero-order chi connectivity index (χ0) is 28.1. The van der Waals surface area contributed by atoms with Gasteiger partial charge in [0.1, 0.15) is 0 Å². The van der Waals surface area contributed by atoms with Gasteiger partial charge < -0.3 is 5.73 Å². The first-order valence-electron chi connectivity index (χ1n) is 14.3. The zero-order valence-corrected chi connectivity index (χ0v) is 23.6. The highest BCUT2D eigenvalue weighted by molar-refractivity contribution is 6.17. The Morgan fingerprint density at radius 3 is 2.15 bits per heavy atom. The van der Waals surface area contributed by atoms with E-state index in [1.807, 2.05) is 6.08 Å². The van der Waals surface area contributed by atoms with Crippen LogP contribution in [0.4, 0.5) is 0 Å². The summed E-state index contributed by atoms with van der Waals surface area (Å²) in [5.74, 6) is 0. The standard InChI is InChI=1S/C40H33N/c1-4-27(32-20-21-37-34-17-10-9-16-33(34)36-19-11-18-35(32)39(36)37)24-40(3,25-41)38-23-22-29-26(2)30(38)14-7-5-12-28-13-6-8-15-31(28)29/h4-24H,1,25,41H2,2-3H3/b12-5?,14-7-,27-24+. The minimum absolute atomic E-state index is 0.407. The van der Waals surface area contributed by atoms with Gasteiger partial charge in [0.2, 0.25) is 0 Å².